The Balaban J connectivity index is 1.78. The van der Waals surface area contributed by atoms with Crippen LogP contribution in [0.3, 0.4) is 0 Å². The maximum Gasteiger partial charge on any atom is 0.295 e. The van der Waals surface area contributed by atoms with Gasteiger partial charge in [0.05, 0.1) is 11.4 Å². The number of aromatic nitrogens is 2. The number of para-hydroxylation sites is 1. The highest BCUT2D eigenvalue weighted by Gasteiger charge is 2.18. The van der Waals surface area contributed by atoms with Gasteiger partial charge in [-0.3, -0.25) is 14.3 Å². The van der Waals surface area contributed by atoms with Gasteiger partial charge in [0, 0.05) is 13.1 Å². The van der Waals surface area contributed by atoms with E-state index in [0.717, 1.165) is 12.1 Å². The third kappa shape index (κ3) is 3.74. The summed E-state index contributed by atoms with van der Waals surface area (Å²) in [7, 11) is 1.70. The van der Waals surface area contributed by atoms with Gasteiger partial charge in [-0.15, -0.1) is 0 Å². The summed E-state index contributed by atoms with van der Waals surface area (Å²) in [6.07, 6.45) is 0. The predicted molar refractivity (Wildman–Crippen MR) is 96.2 cm³/mol. The lowest BCUT2D eigenvalue weighted by atomic mass is 10.3. The smallest absolute Gasteiger partial charge is 0.295 e. The minimum absolute atomic E-state index is 0.106. The summed E-state index contributed by atoms with van der Waals surface area (Å²) >= 11 is 0. The fraction of sp³-hybridized carbons (Fsp3) is 0.158. The van der Waals surface area contributed by atoms with Crippen molar-refractivity contribution in [3.8, 4) is 11.4 Å². The van der Waals surface area contributed by atoms with E-state index in [1.54, 1.807) is 42.9 Å². The first-order valence-electron chi connectivity index (χ1n) is 8.10. The maximum absolute atomic E-state index is 13.5. The highest BCUT2D eigenvalue weighted by Crippen LogP contribution is 2.18. The molecular weight excluding hydrogens is 356 g/mol. The Morgan fingerprint density at radius 1 is 1.15 bits per heavy atom. The van der Waals surface area contributed by atoms with E-state index in [1.807, 2.05) is 6.07 Å². The molecule has 0 aliphatic rings. The Hall–Kier alpha value is -3.42. The van der Waals surface area contributed by atoms with Crippen LogP contribution in [0.25, 0.3) is 5.69 Å². The van der Waals surface area contributed by atoms with Crippen LogP contribution in [-0.4, -0.2) is 21.9 Å². The van der Waals surface area contributed by atoms with Crippen molar-refractivity contribution in [3.05, 3.63) is 76.2 Å². The number of carbonyl (C=O) groups excluding carboxylic acids is 1. The normalized spacial score (nSPS) is 10.7. The van der Waals surface area contributed by atoms with Crippen molar-refractivity contribution in [2.45, 2.75) is 6.92 Å². The molecule has 140 valence electrons. The van der Waals surface area contributed by atoms with Crippen LogP contribution in [0.4, 0.5) is 14.5 Å². The summed E-state index contributed by atoms with van der Waals surface area (Å²) in [5.41, 5.74) is 0.903. The third-order valence-corrected chi connectivity index (χ3v) is 4.07. The topological polar surface area (TPSA) is 65.3 Å². The number of hydrogen-bond donors (Lipinski definition) is 1. The lowest BCUT2D eigenvalue weighted by molar-refractivity contribution is -0.118. The molecule has 0 spiro atoms. The number of ether oxygens (including phenoxy) is 1. The monoisotopic (exact) mass is 373 g/mol. The van der Waals surface area contributed by atoms with Crippen molar-refractivity contribution in [2.75, 3.05) is 11.9 Å². The van der Waals surface area contributed by atoms with Crippen LogP contribution in [0.1, 0.15) is 5.69 Å². The van der Waals surface area contributed by atoms with Crippen molar-refractivity contribution in [2.24, 2.45) is 7.05 Å². The summed E-state index contributed by atoms with van der Waals surface area (Å²) in [6.45, 7) is 1.17. The van der Waals surface area contributed by atoms with Crippen LogP contribution in [-0.2, 0) is 11.8 Å². The second-order valence-corrected chi connectivity index (χ2v) is 5.85. The van der Waals surface area contributed by atoms with Crippen LogP contribution >= 0.6 is 0 Å². The van der Waals surface area contributed by atoms with E-state index in [1.165, 1.54) is 4.68 Å². The third-order valence-electron chi connectivity index (χ3n) is 4.07. The maximum atomic E-state index is 13.5. The molecule has 0 aliphatic carbocycles. The van der Waals surface area contributed by atoms with E-state index in [4.69, 9.17) is 4.74 Å². The molecule has 0 fully saturated rings. The molecule has 0 radical (unpaired) electrons. The second kappa shape index (κ2) is 7.45. The number of nitrogens with one attached hydrogen (secondary N) is 1. The minimum atomic E-state index is -0.912. The molecule has 0 aliphatic heterocycles. The first-order chi connectivity index (χ1) is 12.9. The largest absolute Gasteiger partial charge is 0.481 e. The standard InChI is InChI=1S/C19H17F2N3O3/c1-12-18(19(26)24(23(12)2)14-6-4-3-5-7-14)22-17(25)11-27-16-9-8-13(20)10-15(16)21/h3-10H,11H2,1-2H3,(H,22,25). The Morgan fingerprint density at radius 3 is 2.52 bits per heavy atom. The van der Waals surface area contributed by atoms with Crippen LogP contribution < -0.4 is 15.6 Å². The van der Waals surface area contributed by atoms with Gasteiger partial charge in [0.1, 0.15) is 11.5 Å². The molecule has 1 heterocycles. The molecule has 0 saturated heterocycles. The molecule has 0 unspecified atom stereocenters. The molecule has 1 aromatic heterocycles. The number of rotatable bonds is 5. The van der Waals surface area contributed by atoms with Crippen LogP contribution in [0, 0.1) is 18.6 Å². The first kappa shape index (κ1) is 18.4. The summed E-state index contributed by atoms with van der Waals surface area (Å²) in [5, 5.41) is 2.50. The van der Waals surface area contributed by atoms with Crippen LogP contribution in [0.2, 0.25) is 0 Å². The molecule has 0 saturated carbocycles. The van der Waals surface area contributed by atoms with Crippen molar-refractivity contribution in [3.63, 3.8) is 0 Å². The average Bonchev–Trinajstić information content (AvgIpc) is 2.85. The quantitative estimate of drug-likeness (QED) is 0.748. The first-order valence-corrected chi connectivity index (χ1v) is 8.10. The lowest BCUT2D eigenvalue weighted by Gasteiger charge is -2.08. The fourth-order valence-electron chi connectivity index (χ4n) is 2.62. The number of benzene rings is 2. The lowest BCUT2D eigenvalue weighted by Crippen LogP contribution is -2.25. The van der Waals surface area contributed by atoms with E-state index in [0.29, 0.717) is 17.4 Å². The van der Waals surface area contributed by atoms with E-state index in [9.17, 15) is 18.4 Å². The number of halogens is 2. The molecule has 27 heavy (non-hydrogen) atoms. The molecule has 1 N–H and O–H groups in total. The highest BCUT2D eigenvalue weighted by molar-refractivity contribution is 5.92. The van der Waals surface area contributed by atoms with Gasteiger partial charge in [-0.1, -0.05) is 18.2 Å². The Kier molecular flexibility index (Phi) is 5.07. The van der Waals surface area contributed by atoms with Crippen molar-refractivity contribution < 1.29 is 18.3 Å². The zero-order chi connectivity index (χ0) is 19.6. The molecule has 0 atom stereocenters. The van der Waals surface area contributed by atoms with E-state index in [-0.39, 0.29) is 11.4 Å². The number of hydrogen-bond acceptors (Lipinski definition) is 3. The predicted octanol–water partition coefficient (Wildman–Crippen LogP) is 2.78. The van der Waals surface area contributed by atoms with Gasteiger partial charge in [-0.25, -0.2) is 13.5 Å². The van der Waals surface area contributed by atoms with Crippen molar-refractivity contribution in [1.29, 1.82) is 0 Å². The molecule has 3 rings (SSSR count). The van der Waals surface area contributed by atoms with Gasteiger partial charge in [-0.05, 0) is 31.2 Å². The Morgan fingerprint density at radius 2 is 1.85 bits per heavy atom. The van der Waals surface area contributed by atoms with Crippen LogP contribution in [0.5, 0.6) is 5.75 Å². The molecule has 2 aromatic carbocycles. The van der Waals surface area contributed by atoms with Gasteiger partial charge in [0.2, 0.25) is 0 Å². The number of amides is 1. The van der Waals surface area contributed by atoms with E-state index in [2.05, 4.69) is 5.32 Å². The van der Waals surface area contributed by atoms with E-state index >= 15 is 0 Å². The molecule has 3 aromatic rings. The minimum Gasteiger partial charge on any atom is -0.481 e. The Bertz CT molecular complexity index is 1040. The van der Waals surface area contributed by atoms with E-state index < -0.39 is 29.7 Å². The molecule has 0 bridgehead atoms. The molecule has 8 heteroatoms. The zero-order valence-electron chi connectivity index (χ0n) is 14.7. The Labute approximate surface area is 153 Å². The van der Waals surface area contributed by atoms with Crippen LogP contribution in [0.15, 0.2) is 53.3 Å². The summed E-state index contributed by atoms with van der Waals surface area (Å²) in [6, 6.07) is 11.7. The van der Waals surface area contributed by atoms with Crippen molar-refractivity contribution >= 4 is 11.6 Å². The highest BCUT2D eigenvalue weighted by atomic mass is 19.1. The average molecular weight is 373 g/mol. The van der Waals surface area contributed by atoms with Gasteiger partial charge in [0.25, 0.3) is 11.5 Å². The number of anilines is 1. The molecule has 1 amide bonds. The summed E-state index contributed by atoms with van der Waals surface area (Å²) in [5.74, 6) is -2.54. The second-order valence-electron chi connectivity index (χ2n) is 5.85. The van der Waals surface area contributed by atoms with Gasteiger partial charge < -0.3 is 10.1 Å². The SMILES string of the molecule is Cc1c(NC(=O)COc2ccc(F)cc2F)c(=O)n(-c2ccccc2)n1C. The zero-order valence-corrected chi connectivity index (χ0v) is 14.7. The summed E-state index contributed by atoms with van der Waals surface area (Å²) < 4.78 is 34.5. The summed E-state index contributed by atoms with van der Waals surface area (Å²) in [4.78, 5) is 24.8. The fourth-order valence-corrected chi connectivity index (χ4v) is 2.62. The van der Waals surface area contributed by atoms with Gasteiger partial charge >= 0.3 is 0 Å². The van der Waals surface area contributed by atoms with Crippen molar-refractivity contribution in [1.82, 2.24) is 9.36 Å². The molecule has 6 nitrogen and oxygen atoms in total. The van der Waals surface area contributed by atoms with Gasteiger partial charge in [0.15, 0.2) is 18.2 Å². The number of nitrogens with zero attached hydrogens (tertiary/aromatic N) is 2. The number of carbonyl (C=O) groups is 1. The van der Waals surface area contributed by atoms with Gasteiger partial charge in [-0.2, -0.15) is 0 Å². The molecular formula is C19H17F2N3O3.